The van der Waals surface area contributed by atoms with E-state index < -0.39 is 0 Å². The van der Waals surface area contributed by atoms with Gasteiger partial charge >= 0.3 is 0 Å². The summed E-state index contributed by atoms with van der Waals surface area (Å²) in [6, 6.07) is 9.54. The van der Waals surface area contributed by atoms with Crippen LogP contribution in [-0.2, 0) is 4.74 Å². The molecule has 2 atom stereocenters. The van der Waals surface area contributed by atoms with Gasteiger partial charge in [-0.2, -0.15) is 0 Å². The zero-order valence-electron chi connectivity index (χ0n) is 13.2. The van der Waals surface area contributed by atoms with Crippen LogP contribution < -0.4 is 5.32 Å². The van der Waals surface area contributed by atoms with Gasteiger partial charge < -0.3 is 10.1 Å². The summed E-state index contributed by atoms with van der Waals surface area (Å²) in [6.07, 6.45) is 9.77. The van der Waals surface area contributed by atoms with Crippen LogP contribution in [0.3, 0.4) is 0 Å². The second kappa shape index (κ2) is 6.72. The topological polar surface area (TPSA) is 21.3 Å². The predicted octanol–water partition coefficient (Wildman–Crippen LogP) is 4.41. The Balaban J connectivity index is 1.75. The Morgan fingerprint density at radius 1 is 1.24 bits per heavy atom. The van der Waals surface area contributed by atoms with Crippen LogP contribution in [0.25, 0.3) is 0 Å². The van der Waals surface area contributed by atoms with E-state index in [9.17, 15) is 0 Å². The molecular formula is C18H27NOS. The van der Waals surface area contributed by atoms with E-state index >= 15 is 0 Å². The molecule has 1 aliphatic heterocycles. The SMILES string of the molecule is CNC(c1ccc(SC)cc1)C1CCOC2(CCCC2)C1. The van der Waals surface area contributed by atoms with Crippen molar-refractivity contribution >= 4 is 11.8 Å². The van der Waals surface area contributed by atoms with Gasteiger partial charge in [0.15, 0.2) is 0 Å². The van der Waals surface area contributed by atoms with Crippen LogP contribution in [0.5, 0.6) is 0 Å². The fraction of sp³-hybridized carbons (Fsp3) is 0.667. The Bertz CT molecular complexity index is 453. The van der Waals surface area contributed by atoms with Crippen molar-refractivity contribution in [2.24, 2.45) is 5.92 Å². The van der Waals surface area contributed by atoms with Crippen molar-refractivity contribution in [2.75, 3.05) is 19.9 Å². The molecule has 1 saturated carbocycles. The quantitative estimate of drug-likeness (QED) is 0.833. The van der Waals surface area contributed by atoms with Crippen LogP contribution in [0.4, 0.5) is 0 Å². The first kappa shape index (κ1) is 15.4. The normalized spacial score (nSPS) is 26.1. The van der Waals surface area contributed by atoms with E-state index in [4.69, 9.17) is 4.74 Å². The molecule has 1 heterocycles. The third-order valence-electron chi connectivity index (χ3n) is 5.30. The molecule has 2 aliphatic rings. The lowest BCUT2D eigenvalue weighted by atomic mass is 9.78. The van der Waals surface area contributed by atoms with E-state index in [0.717, 1.165) is 6.61 Å². The molecule has 1 aliphatic carbocycles. The van der Waals surface area contributed by atoms with Gasteiger partial charge in [0.25, 0.3) is 0 Å². The number of benzene rings is 1. The number of hydrogen-bond acceptors (Lipinski definition) is 3. The molecule has 2 unspecified atom stereocenters. The van der Waals surface area contributed by atoms with Crippen LogP contribution in [0.1, 0.15) is 50.1 Å². The van der Waals surface area contributed by atoms with E-state index in [-0.39, 0.29) is 5.60 Å². The summed E-state index contributed by atoms with van der Waals surface area (Å²) in [4.78, 5) is 1.34. The van der Waals surface area contributed by atoms with Crippen LogP contribution in [0.2, 0.25) is 0 Å². The first-order valence-corrected chi connectivity index (χ1v) is 9.44. The molecule has 116 valence electrons. The van der Waals surface area contributed by atoms with Crippen molar-refractivity contribution in [3.05, 3.63) is 29.8 Å². The van der Waals surface area contributed by atoms with Gasteiger partial charge in [-0.3, -0.25) is 0 Å². The summed E-state index contributed by atoms with van der Waals surface area (Å²) >= 11 is 1.81. The van der Waals surface area contributed by atoms with E-state index in [0.29, 0.717) is 12.0 Å². The van der Waals surface area contributed by atoms with Gasteiger partial charge in [0.05, 0.1) is 5.60 Å². The Morgan fingerprint density at radius 3 is 2.57 bits per heavy atom. The molecule has 2 nitrogen and oxygen atoms in total. The maximum atomic E-state index is 6.19. The Hall–Kier alpha value is -0.510. The van der Waals surface area contributed by atoms with Crippen LogP contribution >= 0.6 is 11.8 Å². The average Bonchev–Trinajstić information content (AvgIpc) is 2.96. The van der Waals surface area contributed by atoms with Gasteiger partial charge in [0.2, 0.25) is 0 Å². The largest absolute Gasteiger partial charge is 0.375 e. The zero-order valence-corrected chi connectivity index (χ0v) is 14.0. The number of rotatable bonds is 4. The second-order valence-corrected chi connectivity index (χ2v) is 7.41. The zero-order chi connectivity index (χ0) is 14.7. The summed E-state index contributed by atoms with van der Waals surface area (Å²) in [5.74, 6) is 0.696. The molecule has 0 radical (unpaired) electrons. The fourth-order valence-corrected chi connectivity index (χ4v) is 4.61. The summed E-state index contributed by atoms with van der Waals surface area (Å²) in [7, 11) is 2.10. The summed E-state index contributed by atoms with van der Waals surface area (Å²) in [5.41, 5.74) is 1.63. The van der Waals surface area contributed by atoms with Crippen molar-refractivity contribution in [3.8, 4) is 0 Å². The standard InChI is InChI=1S/C18H27NOS/c1-19-17(14-5-7-16(21-2)8-6-14)15-9-12-20-18(13-15)10-3-4-11-18/h5-8,15,17,19H,3-4,9-13H2,1-2H3. The number of nitrogens with one attached hydrogen (secondary N) is 1. The minimum atomic E-state index is 0.206. The monoisotopic (exact) mass is 305 g/mol. The third kappa shape index (κ3) is 3.30. The molecule has 0 bridgehead atoms. The van der Waals surface area contributed by atoms with Gasteiger partial charge in [-0.05, 0) is 62.6 Å². The molecule has 2 fully saturated rings. The smallest absolute Gasteiger partial charge is 0.0686 e. The molecule has 1 N–H and O–H groups in total. The first-order valence-electron chi connectivity index (χ1n) is 8.21. The molecule has 1 aromatic rings. The first-order chi connectivity index (χ1) is 10.3. The van der Waals surface area contributed by atoms with Gasteiger partial charge in [-0.25, -0.2) is 0 Å². The van der Waals surface area contributed by atoms with Gasteiger partial charge in [0.1, 0.15) is 0 Å². The maximum Gasteiger partial charge on any atom is 0.0686 e. The van der Waals surface area contributed by atoms with E-state index in [1.165, 1.54) is 49.0 Å². The third-order valence-corrected chi connectivity index (χ3v) is 6.05. The van der Waals surface area contributed by atoms with Crippen LogP contribution in [0, 0.1) is 5.92 Å². The molecule has 0 aromatic heterocycles. The van der Waals surface area contributed by atoms with Gasteiger partial charge in [-0.15, -0.1) is 11.8 Å². The number of thioether (sulfide) groups is 1. The van der Waals surface area contributed by atoms with Crippen molar-refractivity contribution in [2.45, 2.75) is 55.1 Å². The Morgan fingerprint density at radius 2 is 1.95 bits per heavy atom. The minimum absolute atomic E-state index is 0.206. The molecule has 1 spiro atoms. The number of hydrogen-bond donors (Lipinski definition) is 1. The van der Waals surface area contributed by atoms with Crippen LogP contribution in [0.15, 0.2) is 29.2 Å². The highest BCUT2D eigenvalue weighted by atomic mass is 32.2. The average molecular weight is 305 g/mol. The summed E-state index contributed by atoms with van der Waals surface area (Å²) in [5, 5.41) is 3.57. The predicted molar refractivity (Wildman–Crippen MR) is 89.9 cm³/mol. The highest BCUT2D eigenvalue weighted by molar-refractivity contribution is 7.98. The van der Waals surface area contributed by atoms with E-state index in [1.807, 2.05) is 11.8 Å². The molecule has 1 saturated heterocycles. The highest BCUT2D eigenvalue weighted by Gasteiger charge is 2.41. The lowest BCUT2D eigenvalue weighted by molar-refractivity contribution is -0.0978. The maximum absolute atomic E-state index is 6.19. The molecule has 3 rings (SSSR count). The molecule has 1 aromatic carbocycles. The Kier molecular flexibility index (Phi) is 4.92. The number of ether oxygens (including phenoxy) is 1. The molecular weight excluding hydrogens is 278 g/mol. The van der Waals surface area contributed by atoms with Crippen molar-refractivity contribution in [1.82, 2.24) is 5.32 Å². The molecule has 3 heteroatoms. The van der Waals surface area contributed by atoms with E-state index in [2.05, 4.69) is 42.9 Å². The van der Waals surface area contributed by atoms with Crippen molar-refractivity contribution in [1.29, 1.82) is 0 Å². The lowest BCUT2D eigenvalue weighted by Crippen LogP contribution is -2.41. The van der Waals surface area contributed by atoms with Gasteiger partial charge in [0, 0.05) is 17.5 Å². The van der Waals surface area contributed by atoms with Crippen molar-refractivity contribution in [3.63, 3.8) is 0 Å². The minimum Gasteiger partial charge on any atom is -0.375 e. The van der Waals surface area contributed by atoms with Crippen molar-refractivity contribution < 1.29 is 4.74 Å². The summed E-state index contributed by atoms with van der Waals surface area (Å²) < 4.78 is 6.19. The lowest BCUT2D eigenvalue weighted by Gasteiger charge is -2.41. The highest BCUT2D eigenvalue weighted by Crippen LogP contribution is 2.45. The van der Waals surface area contributed by atoms with Gasteiger partial charge in [-0.1, -0.05) is 25.0 Å². The molecule has 0 amide bonds. The Labute approximate surface area is 133 Å². The van der Waals surface area contributed by atoms with Crippen LogP contribution in [-0.4, -0.2) is 25.5 Å². The fourth-order valence-electron chi connectivity index (χ4n) is 4.20. The molecule has 21 heavy (non-hydrogen) atoms. The summed E-state index contributed by atoms with van der Waals surface area (Å²) in [6.45, 7) is 0.936. The second-order valence-electron chi connectivity index (χ2n) is 6.53. The van der Waals surface area contributed by atoms with E-state index in [1.54, 1.807) is 0 Å².